The lowest BCUT2D eigenvalue weighted by molar-refractivity contribution is -0.143. The Kier molecular flexibility index (Phi) is 4.08. The van der Waals surface area contributed by atoms with E-state index in [1.54, 1.807) is 11.8 Å². The number of halogens is 2. The maximum atomic E-state index is 13.8. The normalized spacial score (nSPS) is 24.1. The average molecular weight is 323 g/mol. The van der Waals surface area contributed by atoms with Crippen LogP contribution in [0.4, 0.5) is 8.78 Å². The van der Waals surface area contributed by atoms with Crippen molar-refractivity contribution in [3.63, 3.8) is 0 Å². The van der Waals surface area contributed by atoms with E-state index < -0.39 is 23.5 Å². The Hall–Kier alpha value is -1.98. The molecule has 4 nitrogen and oxygen atoms in total. The third-order valence-electron chi connectivity index (χ3n) is 4.63. The van der Waals surface area contributed by atoms with Crippen molar-refractivity contribution in [3.05, 3.63) is 35.4 Å². The van der Waals surface area contributed by atoms with E-state index in [9.17, 15) is 18.4 Å². The summed E-state index contributed by atoms with van der Waals surface area (Å²) in [5.74, 6) is -3.47. The Balaban J connectivity index is 1.69. The molecule has 1 aromatic carbocycles. The highest BCUT2D eigenvalue weighted by Crippen LogP contribution is 2.50. The zero-order valence-corrected chi connectivity index (χ0v) is 12.8. The maximum absolute atomic E-state index is 13.8. The lowest BCUT2D eigenvalue weighted by Crippen LogP contribution is -2.39. The maximum Gasteiger partial charge on any atom is 0.308 e. The monoisotopic (exact) mass is 323 g/mol. The largest absolute Gasteiger partial charge is 0.481 e. The van der Waals surface area contributed by atoms with Gasteiger partial charge in [0.15, 0.2) is 0 Å². The van der Waals surface area contributed by atoms with E-state index >= 15 is 0 Å². The summed E-state index contributed by atoms with van der Waals surface area (Å²) in [4.78, 5) is 25.3. The smallest absolute Gasteiger partial charge is 0.308 e. The Labute approximate surface area is 133 Å². The van der Waals surface area contributed by atoms with E-state index in [2.05, 4.69) is 0 Å². The molecular weight excluding hydrogens is 304 g/mol. The van der Waals surface area contributed by atoms with Crippen molar-refractivity contribution < 1.29 is 23.5 Å². The number of hydrogen-bond acceptors (Lipinski definition) is 2. The molecule has 1 aromatic rings. The second kappa shape index (κ2) is 5.91. The Morgan fingerprint density at radius 2 is 2.04 bits per heavy atom. The molecule has 124 valence electrons. The molecule has 2 aliphatic rings. The van der Waals surface area contributed by atoms with E-state index in [-0.39, 0.29) is 30.3 Å². The summed E-state index contributed by atoms with van der Waals surface area (Å²) in [6, 6.07) is 3.54. The van der Waals surface area contributed by atoms with Gasteiger partial charge in [-0.2, -0.15) is 0 Å². The van der Waals surface area contributed by atoms with Gasteiger partial charge in [0.25, 0.3) is 0 Å². The van der Waals surface area contributed by atoms with E-state index in [4.69, 9.17) is 5.11 Å². The third kappa shape index (κ3) is 3.35. The Morgan fingerprint density at radius 1 is 1.35 bits per heavy atom. The number of hydrogen-bond donors (Lipinski definition) is 1. The van der Waals surface area contributed by atoms with Crippen LogP contribution >= 0.6 is 0 Å². The molecule has 1 N–H and O–H groups in total. The zero-order valence-electron chi connectivity index (χ0n) is 12.8. The molecule has 6 heteroatoms. The van der Waals surface area contributed by atoms with Crippen LogP contribution in [-0.2, 0) is 9.59 Å². The van der Waals surface area contributed by atoms with Gasteiger partial charge < -0.3 is 10.0 Å². The minimum Gasteiger partial charge on any atom is -0.481 e. The van der Waals surface area contributed by atoms with Crippen LogP contribution in [0.15, 0.2) is 18.2 Å². The topological polar surface area (TPSA) is 57.6 Å². The number of amides is 1. The van der Waals surface area contributed by atoms with Crippen molar-refractivity contribution in [1.82, 2.24) is 4.90 Å². The molecule has 0 aromatic heterocycles. The summed E-state index contributed by atoms with van der Waals surface area (Å²) < 4.78 is 26.8. The summed E-state index contributed by atoms with van der Waals surface area (Å²) in [6.45, 7) is 1.77. The summed E-state index contributed by atoms with van der Waals surface area (Å²) >= 11 is 0. The van der Waals surface area contributed by atoms with Gasteiger partial charge in [-0.05, 0) is 36.8 Å². The van der Waals surface area contributed by atoms with Gasteiger partial charge in [0.1, 0.15) is 11.6 Å². The predicted molar refractivity (Wildman–Crippen MR) is 78.7 cm³/mol. The molecule has 2 saturated carbocycles. The second-order valence-electron chi connectivity index (χ2n) is 6.58. The number of carboxylic acids is 1. The van der Waals surface area contributed by atoms with Gasteiger partial charge in [-0.15, -0.1) is 0 Å². The first-order valence-electron chi connectivity index (χ1n) is 7.86. The van der Waals surface area contributed by atoms with Crippen LogP contribution in [0.1, 0.15) is 37.7 Å². The number of carboxylic acid groups (broad SMARTS) is 1. The molecule has 23 heavy (non-hydrogen) atoms. The SMILES string of the molecule is C[C@H](CN(C(=O)[C@H]1C[C@H]1c1ccc(F)cc1F)C1CC1)C(=O)O. The lowest BCUT2D eigenvalue weighted by Gasteiger charge is -2.24. The number of carbonyl (C=O) groups excluding carboxylic acids is 1. The molecule has 1 amide bonds. The van der Waals surface area contributed by atoms with Crippen molar-refractivity contribution in [2.24, 2.45) is 11.8 Å². The molecule has 0 spiro atoms. The van der Waals surface area contributed by atoms with Gasteiger partial charge in [-0.25, -0.2) is 8.78 Å². The standard InChI is InChI=1S/C17H19F2NO3/c1-9(17(22)23)8-20(11-3-4-11)16(21)14-7-13(14)12-5-2-10(18)6-15(12)19/h2,5-6,9,11,13-14H,3-4,7-8H2,1H3,(H,22,23)/t9-,13+,14+/m1/s1. The van der Waals surface area contributed by atoms with E-state index in [1.807, 2.05) is 0 Å². The van der Waals surface area contributed by atoms with Crippen LogP contribution in [0.3, 0.4) is 0 Å². The summed E-state index contributed by atoms with van der Waals surface area (Å²) in [6.07, 6.45) is 2.31. The van der Waals surface area contributed by atoms with Crippen LogP contribution < -0.4 is 0 Å². The minimum absolute atomic E-state index is 0.102. The van der Waals surface area contributed by atoms with Gasteiger partial charge in [-0.3, -0.25) is 9.59 Å². The van der Waals surface area contributed by atoms with Gasteiger partial charge in [0, 0.05) is 24.6 Å². The molecule has 3 atom stereocenters. The van der Waals surface area contributed by atoms with E-state index in [0.717, 1.165) is 18.9 Å². The zero-order chi connectivity index (χ0) is 16.7. The number of nitrogens with zero attached hydrogens (tertiary/aromatic N) is 1. The first kappa shape index (κ1) is 15.9. The van der Waals surface area contributed by atoms with Crippen molar-refractivity contribution in [2.75, 3.05) is 6.54 Å². The molecule has 0 heterocycles. The van der Waals surface area contributed by atoms with Gasteiger partial charge >= 0.3 is 5.97 Å². The van der Waals surface area contributed by atoms with Crippen LogP contribution in [0, 0.1) is 23.5 Å². The van der Waals surface area contributed by atoms with Crippen molar-refractivity contribution >= 4 is 11.9 Å². The van der Waals surface area contributed by atoms with E-state index in [0.29, 0.717) is 12.0 Å². The van der Waals surface area contributed by atoms with Crippen molar-refractivity contribution in [2.45, 2.75) is 38.1 Å². The molecule has 2 fully saturated rings. The first-order chi connectivity index (χ1) is 10.9. The van der Waals surface area contributed by atoms with Crippen LogP contribution in [0.5, 0.6) is 0 Å². The number of aliphatic carboxylic acids is 1. The first-order valence-corrected chi connectivity index (χ1v) is 7.86. The fraction of sp³-hybridized carbons (Fsp3) is 0.529. The Morgan fingerprint density at radius 3 is 2.61 bits per heavy atom. The molecule has 3 rings (SSSR count). The fourth-order valence-electron chi connectivity index (χ4n) is 3.01. The predicted octanol–water partition coefficient (Wildman–Crippen LogP) is 2.78. The van der Waals surface area contributed by atoms with Gasteiger partial charge in [0.2, 0.25) is 5.91 Å². The molecule has 2 aliphatic carbocycles. The summed E-state index contributed by atoms with van der Waals surface area (Å²) in [5, 5.41) is 9.04. The highest BCUT2D eigenvalue weighted by Gasteiger charge is 2.49. The third-order valence-corrected chi connectivity index (χ3v) is 4.63. The van der Waals surface area contributed by atoms with Crippen LogP contribution in [-0.4, -0.2) is 34.5 Å². The van der Waals surface area contributed by atoms with Crippen molar-refractivity contribution in [1.29, 1.82) is 0 Å². The molecular formula is C17H19F2NO3. The number of carbonyl (C=O) groups is 2. The highest BCUT2D eigenvalue weighted by atomic mass is 19.1. The van der Waals surface area contributed by atoms with Gasteiger partial charge in [0.05, 0.1) is 5.92 Å². The highest BCUT2D eigenvalue weighted by molar-refractivity contribution is 5.84. The molecule has 0 bridgehead atoms. The molecule has 0 saturated heterocycles. The second-order valence-corrected chi connectivity index (χ2v) is 6.58. The summed E-state index contributed by atoms with van der Waals surface area (Å²) in [7, 11) is 0. The van der Waals surface area contributed by atoms with E-state index in [1.165, 1.54) is 12.1 Å². The average Bonchev–Trinajstić information content (AvgIpc) is 3.35. The lowest BCUT2D eigenvalue weighted by atomic mass is 10.1. The van der Waals surface area contributed by atoms with Gasteiger partial charge in [-0.1, -0.05) is 13.0 Å². The fourth-order valence-corrected chi connectivity index (χ4v) is 3.01. The van der Waals surface area contributed by atoms with Crippen LogP contribution in [0.2, 0.25) is 0 Å². The number of rotatable bonds is 6. The number of benzene rings is 1. The van der Waals surface area contributed by atoms with Crippen LogP contribution in [0.25, 0.3) is 0 Å². The Bertz CT molecular complexity index is 645. The summed E-state index contributed by atoms with van der Waals surface area (Å²) in [5.41, 5.74) is 0.367. The molecule has 0 aliphatic heterocycles. The molecule has 0 radical (unpaired) electrons. The molecule has 0 unspecified atom stereocenters. The quantitative estimate of drug-likeness (QED) is 0.876. The van der Waals surface area contributed by atoms with Crippen molar-refractivity contribution in [3.8, 4) is 0 Å². The minimum atomic E-state index is -0.930.